The van der Waals surface area contributed by atoms with Gasteiger partial charge in [0.25, 0.3) is 5.91 Å². The molecule has 6 heteroatoms. The smallest absolute Gasteiger partial charge is 0.254 e. The molecule has 5 nitrogen and oxygen atoms in total. The lowest BCUT2D eigenvalue weighted by atomic mass is 10.1. The van der Waals surface area contributed by atoms with Gasteiger partial charge in [0, 0.05) is 31.3 Å². The highest BCUT2D eigenvalue weighted by atomic mass is 32.1. The van der Waals surface area contributed by atoms with Crippen LogP contribution in [-0.4, -0.2) is 42.9 Å². The topological polar surface area (TPSA) is 55.8 Å². The zero-order valence-corrected chi connectivity index (χ0v) is 15.2. The number of hydrogen-bond acceptors (Lipinski definition) is 5. The molecule has 2 heterocycles. The van der Waals surface area contributed by atoms with E-state index in [9.17, 15) is 9.59 Å². The minimum atomic E-state index is -0.00773. The number of amides is 1. The van der Waals surface area contributed by atoms with E-state index in [0.717, 1.165) is 24.3 Å². The lowest BCUT2D eigenvalue weighted by Gasteiger charge is -2.32. The van der Waals surface area contributed by atoms with E-state index in [-0.39, 0.29) is 17.8 Å². The van der Waals surface area contributed by atoms with Crippen molar-refractivity contribution >= 4 is 23.0 Å². The molecule has 0 spiro atoms. The van der Waals surface area contributed by atoms with Crippen molar-refractivity contribution in [3.8, 4) is 11.5 Å². The van der Waals surface area contributed by atoms with E-state index in [0.29, 0.717) is 23.5 Å². The number of rotatable bonds is 5. The minimum absolute atomic E-state index is 0.00403. The molecule has 0 N–H and O–H groups in total. The third-order valence-electron chi connectivity index (χ3n) is 4.28. The van der Waals surface area contributed by atoms with E-state index in [1.165, 1.54) is 18.3 Å². The molecule has 0 unspecified atom stereocenters. The molecule has 0 atom stereocenters. The third-order valence-corrected chi connectivity index (χ3v) is 5.32. The molecule has 25 heavy (non-hydrogen) atoms. The molecule has 1 fully saturated rings. The molecule has 0 aliphatic carbocycles. The molecule has 1 amide bonds. The average Bonchev–Trinajstić information content (AvgIpc) is 3.13. The molecule has 1 saturated heterocycles. The van der Waals surface area contributed by atoms with Gasteiger partial charge in [0.15, 0.2) is 5.78 Å². The van der Waals surface area contributed by atoms with Gasteiger partial charge in [-0.25, -0.2) is 0 Å². The number of Topliss-reactive ketones (excluding diaryl/α,β-unsaturated/α-hetero) is 1. The van der Waals surface area contributed by atoms with Crippen LogP contribution in [0.15, 0.2) is 35.7 Å². The Bertz CT molecular complexity index is 745. The highest BCUT2D eigenvalue weighted by Crippen LogP contribution is 2.23. The van der Waals surface area contributed by atoms with Gasteiger partial charge >= 0.3 is 0 Å². The summed E-state index contributed by atoms with van der Waals surface area (Å²) >= 11 is 1.32. The normalized spacial score (nSPS) is 15.0. The van der Waals surface area contributed by atoms with Gasteiger partial charge in [0.05, 0.1) is 17.6 Å². The first-order chi connectivity index (χ1) is 12.1. The molecule has 3 rings (SSSR count). The summed E-state index contributed by atoms with van der Waals surface area (Å²) in [5.74, 6) is 1.60. The van der Waals surface area contributed by atoms with Gasteiger partial charge in [-0.1, -0.05) is 0 Å². The molecular weight excluding hydrogens is 338 g/mol. The number of nitrogens with zero attached hydrogens (tertiary/aromatic N) is 1. The Labute approximate surface area is 151 Å². The fourth-order valence-electron chi connectivity index (χ4n) is 2.84. The van der Waals surface area contributed by atoms with Crippen molar-refractivity contribution in [3.05, 3.63) is 46.2 Å². The minimum Gasteiger partial charge on any atom is -0.497 e. The molecule has 0 saturated carbocycles. The zero-order valence-electron chi connectivity index (χ0n) is 14.4. The number of hydrogen-bond donors (Lipinski definition) is 0. The van der Waals surface area contributed by atoms with Crippen molar-refractivity contribution in [2.24, 2.45) is 0 Å². The Hall–Kier alpha value is -2.34. The summed E-state index contributed by atoms with van der Waals surface area (Å²) in [5, 5.41) is 1.76. The number of carbonyl (C=O) groups excluding carboxylic acids is 2. The maximum Gasteiger partial charge on any atom is 0.254 e. The number of likely N-dealkylation sites (tertiary alicyclic amines) is 1. The van der Waals surface area contributed by atoms with Crippen LogP contribution in [0.2, 0.25) is 0 Å². The van der Waals surface area contributed by atoms with E-state index < -0.39 is 0 Å². The van der Waals surface area contributed by atoms with Crippen LogP contribution in [0.5, 0.6) is 11.5 Å². The average molecular weight is 359 g/mol. The van der Waals surface area contributed by atoms with E-state index >= 15 is 0 Å². The SMILES string of the molecule is COc1ccc(OC2CCN(C(=O)c3csc(C(C)=O)c3)CC2)cc1. The second-order valence-corrected chi connectivity index (χ2v) is 6.95. The van der Waals surface area contributed by atoms with E-state index in [1.807, 2.05) is 29.2 Å². The predicted octanol–water partition coefficient (Wildman–Crippen LogP) is 3.64. The van der Waals surface area contributed by atoms with Crippen molar-refractivity contribution in [1.82, 2.24) is 4.90 Å². The molecule has 2 aromatic rings. The molecule has 1 aliphatic heterocycles. The predicted molar refractivity (Wildman–Crippen MR) is 96.9 cm³/mol. The molecular formula is C19H21NO4S. The molecule has 0 radical (unpaired) electrons. The summed E-state index contributed by atoms with van der Waals surface area (Å²) in [7, 11) is 1.63. The van der Waals surface area contributed by atoms with Gasteiger partial charge in [0.1, 0.15) is 17.6 Å². The van der Waals surface area contributed by atoms with Crippen LogP contribution >= 0.6 is 11.3 Å². The van der Waals surface area contributed by atoms with Gasteiger partial charge in [-0.05, 0) is 37.3 Å². The number of thiophene rings is 1. The molecule has 1 aromatic heterocycles. The fourth-order valence-corrected chi connectivity index (χ4v) is 3.62. The molecule has 1 aliphatic rings. The summed E-state index contributed by atoms with van der Waals surface area (Å²) in [6, 6.07) is 9.22. The highest BCUT2D eigenvalue weighted by molar-refractivity contribution is 7.12. The van der Waals surface area contributed by atoms with Gasteiger partial charge in [-0.15, -0.1) is 11.3 Å². The van der Waals surface area contributed by atoms with Crippen molar-refractivity contribution in [1.29, 1.82) is 0 Å². The van der Waals surface area contributed by atoms with Crippen molar-refractivity contribution in [3.63, 3.8) is 0 Å². The number of ketones is 1. The van der Waals surface area contributed by atoms with Crippen LogP contribution in [0.25, 0.3) is 0 Å². The van der Waals surface area contributed by atoms with Crippen LogP contribution in [0.3, 0.4) is 0 Å². The lowest BCUT2D eigenvalue weighted by Crippen LogP contribution is -2.41. The first kappa shape index (κ1) is 17.5. The second-order valence-electron chi connectivity index (χ2n) is 6.04. The third kappa shape index (κ3) is 4.20. The molecule has 132 valence electrons. The summed E-state index contributed by atoms with van der Waals surface area (Å²) in [4.78, 5) is 26.4. The second kappa shape index (κ2) is 7.70. The Morgan fingerprint density at radius 2 is 1.76 bits per heavy atom. The van der Waals surface area contributed by atoms with Crippen LogP contribution < -0.4 is 9.47 Å². The Balaban J connectivity index is 1.53. The standard InChI is InChI=1S/C19H21NO4S/c1-13(21)18-11-14(12-25-18)19(22)20-9-7-17(8-10-20)24-16-5-3-15(23-2)4-6-16/h3-6,11-12,17H,7-10H2,1-2H3. The van der Waals surface area contributed by atoms with Crippen molar-refractivity contribution in [2.75, 3.05) is 20.2 Å². The monoisotopic (exact) mass is 359 g/mol. The lowest BCUT2D eigenvalue weighted by molar-refractivity contribution is 0.0596. The number of methoxy groups -OCH3 is 1. The van der Waals surface area contributed by atoms with E-state index in [4.69, 9.17) is 9.47 Å². The van der Waals surface area contributed by atoms with Gasteiger partial charge in [-0.2, -0.15) is 0 Å². The molecule has 1 aromatic carbocycles. The highest BCUT2D eigenvalue weighted by Gasteiger charge is 2.25. The number of benzene rings is 1. The van der Waals surface area contributed by atoms with Gasteiger partial charge in [-0.3, -0.25) is 9.59 Å². The molecule has 0 bridgehead atoms. The van der Waals surface area contributed by atoms with Crippen molar-refractivity contribution < 1.29 is 19.1 Å². The van der Waals surface area contributed by atoms with Crippen LogP contribution in [-0.2, 0) is 0 Å². The number of piperidine rings is 1. The van der Waals surface area contributed by atoms with Gasteiger partial charge in [0.2, 0.25) is 0 Å². The zero-order chi connectivity index (χ0) is 17.8. The Morgan fingerprint density at radius 1 is 1.12 bits per heavy atom. The summed E-state index contributed by atoms with van der Waals surface area (Å²) in [6.45, 7) is 2.83. The number of carbonyl (C=O) groups is 2. The van der Waals surface area contributed by atoms with Crippen LogP contribution in [0.1, 0.15) is 39.8 Å². The van der Waals surface area contributed by atoms with E-state index in [1.54, 1.807) is 18.6 Å². The Kier molecular flexibility index (Phi) is 5.38. The summed E-state index contributed by atoms with van der Waals surface area (Å²) in [5.41, 5.74) is 0.602. The maximum absolute atomic E-state index is 12.5. The van der Waals surface area contributed by atoms with Crippen molar-refractivity contribution in [2.45, 2.75) is 25.9 Å². The van der Waals surface area contributed by atoms with E-state index in [2.05, 4.69) is 0 Å². The quantitative estimate of drug-likeness (QED) is 0.765. The summed E-state index contributed by atoms with van der Waals surface area (Å²) in [6.07, 6.45) is 1.69. The Morgan fingerprint density at radius 3 is 2.32 bits per heavy atom. The summed E-state index contributed by atoms with van der Waals surface area (Å²) < 4.78 is 11.1. The first-order valence-electron chi connectivity index (χ1n) is 8.26. The number of ether oxygens (including phenoxy) is 2. The first-order valence-corrected chi connectivity index (χ1v) is 9.14. The van der Waals surface area contributed by atoms with Crippen LogP contribution in [0.4, 0.5) is 0 Å². The maximum atomic E-state index is 12.5. The van der Waals surface area contributed by atoms with Gasteiger partial charge < -0.3 is 14.4 Å². The van der Waals surface area contributed by atoms with Crippen LogP contribution in [0, 0.1) is 0 Å². The fraction of sp³-hybridized carbons (Fsp3) is 0.368. The largest absolute Gasteiger partial charge is 0.497 e.